The molecule has 17 heavy (non-hydrogen) atoms. The monoisotopic (exact) mass is 236 g/mol. The normalized spacial score (nSPS) is 12.2. The Kier molecular flexibility index (Phi) is 4.92. The molecule has 0 aromatic heterocycles. The first-order valence-corrected chi connectivity index (χ1v) is 5.46. The predicted molar refractivity (Wildman–Crippen MR) is 64.5 cm³/mol. The number of benzene rings is 1. The van der Waals surface area contributed by atoms with Crippen LogP contribution in [0.1, 0.15) is 17.9 Å². The van der Waals surface area contributed by atoms with Crippen LogP contribution in [-0.4, -0.2) is 32.6 Å². The standard InChI is InChI=1S/C13H17FN2O/c1-16(2)7-6-11(9-15)10-4-5-13(17-3)12(14)8-10/h4-5,8,11H,6-7H2,1-3H3. The van der Waals surface area contributed by atoms with E-state index in [0.29, 0.717) is 12.0 Å². The molecule has 0 heterocycles. The van der Waals surface area contributed by atoms with Crippen LogP contribution in [0.2, 0.25) is 0 Å². The van der Waals surface area contributed by atoms with Crippen molar-refractivity contribution in [3.05, 3.63) is 29.6 Å². The van der Waals surface area contributed by atoms with Gasteiger partial charge >= 0.3 is 0 Å². The molecule has 0 spiro atoms. The molecule has 0 aliphatic rings. The van der Waals surface area contributed by atoms with Crippen molar-refractivity contribution >= 4 is 0 Å². The second-order valence-electron chi connectivity index (χ2n) is 4.17. The second-order valence-corrected chi connectivity index (χ2v) is 4.17. The molecule has 1 aromatic carbocycles. The van der Waals surface area contributed by atoms with Gasteiger partial charge in [-0.25, -0.2) is 4.39 Å². The van der Waals surface area contributed by atoms with Gasteiger partial charge in [0.2, 0.25) is 0 Å². The third-order valence-electron chi connectivity index (χ3n) is 2.60. The highest BCUT2D eigenvalue weighted by molar-refractivity contribution is 5.33. The fourth-order valence-electron chi connectivity index (χ4n) is 1.59. The van der Waals surface area contributed by atoms with Crippen molar-refractivity contribution in [2.75, 3.05) is 27.7 Å². The number of hydrogen-bond acceptors (Lipinski definition) is 3. The lowest BCUT2D eigenvalue weighted by atomic mass is 9.97. The van der Waals surface area contributed by atoms with E-state index >= 15 is 0 Å². The molecule has 1 atom stereocenters. The molecule has 0 aliphatic carbocycles. The number of halogens is 1. The average molecular weight is 236 g/mol. The quantitative estimate of drug-likeness (QED) is 0.787. The minimum atomic E-state index is -0.421. The fourth-order valence-corrected chi connectivity index (χ4v) is 1.59. The van der Waals surface area contributed by atoms with E-state index in [4.69, 9.17) is 10.00 Å². The van der Waals surface area contributed by atoms with E-state index in [1.807, 2.05) is 19.0 Å². The van der Waals surface area contributed by atoms with Crippen LogP contribution in [0.4, 0.5) is 4.39 Å². The topological polar surface area (TPSA) is 36.3 Å². The summed E-state index contributed by atoms with van der Waals surface area (Å²) in [5.74, 6) is -0.494. The Morgan fingerprint density at radius 1 is 1.47 bits per heavy atom. The maximum Gasteiger partial charge on any atom is 0.165 e. The van der Waals surface area contributed by atoms with Crippen molar-refractivity contribution < 1.29 is 9.13 Å². The molecule has 3 nitrogen and oxygen atoms in total. The summed E-state index contributed by atoms with van der Waals surface area (Å²) in [5.41, 5.74) is 0.702. The van der Waals surface area contributed by atoms with Crippen molar-refractivity contribution in [2.24, 2.45) is 0 Å². The largest absolute Gasteiger partial charge is 0.494 e. The van der Waals surface area contributed by atoms with Crippen molar-refractivity contribution in [1.82, 2.24) is 4.90 Å². The molecule has 92 valence electrons. The highest BCUT2D eigenvalue weighted by atomic mass is 19.1. The average Bonchev–Trinajstić information content (AvgIpc) is 2.29. The number of nitrogens with zero attached hydrogens (tertiary/aromatic N) is 2. The molecule has 1 rings (SSSR count). The zero-order chi connectivity index (χ0) is 12.8. The van der Waals surface area contributed by atoms with Gasteiger partial charge in [-0.05, 0) is 44.8 Å². The smallest absolute Gasteiger partial charge is 0.165 e. The molecular formula is C13H17FN2O. The number of hydrogen-bond donors (Lipinski definition) is 0. The number of nitriles is 1. The summed E-state index contributed by atoms with van der Waals surface area (Å²) in [6, 6.07) is 6.88. The maximum absolute atomic E-state index is 13.5. The first-order chi connectivity index (χ1) is 8.08. The van der Waals surface area contributed by atoms with Crippen LogP contribution in [-0.2, 0) is 0 Å². The number of methoxy groups -OCH3 is 1. The van der Waals surface area contributed by atoms with Gasteiger partial charge in [0.1, 0.15) is 0 Å². The van der Waals surface area contributed by atoms with Crippen LogP contribution < -0.4 is 4.74 Å². The summed E-state index contributed by atoms with van der Waals surface area (Å²) in [6.45, 7) is 0.797. The van der Waals surface area contributed by atoms with Crippen LogP contribution in [0, 0.1) is 17.1 Å². The van der Waals surface area contributed by atoms with E-state index in [0.717, 1.165) is 6.54 Å². The molecule has 1 aromatic rings. The fraction of sp³-hybridized carbons (Fsp3) is 0.462. The lowest BCUT2D eigenvalue weighted by molar-refractivity contribution is 0.383. The van der Waals surface area contributed by atoms with E-state index in [9.17, 15) is 4.39 Å². The molecule has 0 fully saturated rings. The van der Waals surface area contributed by atoms with Crippen LogP contribution in [0.5, 0.6) is 5.75 Å². The van der Waals surface area contributed by atoms with Crippen molar-refractivity contribution in [2.45, 2.75) is 12.3 Å². The lowest BCUT2D eigenvalue weighted by Gasteiger charge is -2.14. The third-order valence-corrected chi connectivity index (χ3v) is 2.60. The first kappa shape index (κ1) is 13.5. The summed E-state index contributed by atoms with van der Waals surface area (Å²) >= 11 is 0. The Bertz CT molecular complexity index is 412. The highest BCUT2D eigenvalue weighted by Gasteiger charge is 2.13. The molecule has 0 amide bonds. The van der Waals surface area contributed by atoms with Crippen molar-refractivity contribution in [3.63, 3.8) is 0 Å². The lowest BCUT2D eigenvalue weighted by Crippen LogP contribution is -2.15. The minimum Gasteiger partial charge on any atom is -0.494 e. The Hall–Kier alpha value is -1.60. The Balaban J connectivity index is 2.83. The van der Waals surface area contributed by atoms with E-state index in [1.165, 1.54) is 13.2 Å². The zero-order valence-corrected chi connectivity index (χ0v) is 10.4. The summed E-state index contributed by atoms with van der Waals surface area (Å²) in [7, 11) is 5.32. The Morgan fingerprint density at radius 2 is 2.18 bits per heavy atom. The van der Waals surface area contributed by atoms with Crippen LogP contribution in [0.25, 0.3) is 0 Å². The van der Waals surface area contributed by atoms with Crippen LogP contribution in [0.15, 0.2) is 18.2 Å². The third kappa shape index (κ3) is 3.72. The second kappa shape index (κ2) is 6.21. The van der Waals surface area contributed by atoms with Gasteiger partial charge in [0.15, 0.2) is 11.6 Å². The Morgan fingerprint density at radius 3 is 2.65 bits per heavy atom. The van der Waals surface area contributed by atoms with Gasteiger partial charge in [0.25, 0.3) is 0 Å². The van der Waals surface area contributed by atoms with E-state index < -0.39 is 5.82 Å². The molecule has 1 unspecified atom stereocenters. The molecule has 4 heteroatoms. The van der Waals surface area contributed by atoms with Crippen molar-refractivity contribution in [1.29, 1.82) is 5.26 Å². The molecular weight excluding hydrogens is 219 g/mol. The van der Waals surface area contributed by atoms with E-state index in [-0.39, 0.29) is 11.7 Å². The number of ether oxygens (including phenoxy) is 1. The van der Waals surface area contributed by atoms with Gasteiger partial charge in [-0.1, -0.05) is 6.07 Å². The molecule has 0 radical (unpaired) electrons. The summed E-state index contributed by atoms with van der Waals surface area (Å²) in [4.78, 5) is 2.00. The molecule has 0 saturated carbocycles. The van der Waals surface area contributed by atoms with Crippen LogP contribution in [0.3, 0.4) is 0 Å². The maximum atomic E-state index is 13.5. The zero-order valence-electron chi connectivity index (χ0n) is 10.4. The van der Waals surface area contributed by atoms with E-state index in [1.54, 1.807) is 12.1 Å². The van der Waals surface area contributed by atoms with Gasteiger partial charge in [0.05, 0.1) is 19.1 Å². The summed E-state index contributed by atoms with van der Waals surface area (Å²) in [5, 5.41) is 9.09. The minimum absolute atomic E-state index is 0.207. The van der Waals surface area contributed by atoms with E-state index in [2.05, 4.69) is 6.07 Å². The number of rotatable bonds is 5. The van der Waals surface area contributed by atoms with Gasteiger partial charge < -0.3 is 9.64 Å². The van der Waals surface area contributed by atoms with Gasteiger partial charge in [-0.15, -0.1) is 0 Å². The predicted octanol–water partition coefficient (Wildman–Crippen LogP) is 2.39. The molecule has 0 saturated heterocycles. The Labute approximate surface area is 101 Å². The van der Waals surface area contributed by atoms with Crippen molar-refractivity contribution in [3.8, 4) is 11.8 Å². The SMILES string of the molecule is COc1ccc(C(C#N)CCN(C)C)cc1F. The molecule has 0 bridgehead atoms. The van der Waals surface area contributed by atoms with Gasteiger partial charge in [-0.2, -0.15) is 5.26 Å². The van der Waals surface area contributed by atoms with Crippen LogP contribution >= 0.6 is 0 Å². The summed E-state index contributed by atoms with van der Waals surface area (Å²) in [6.07, 6.45) is 0.690. The molecule has 0 aliphatic heterocycles. The van der Waals surface area contributed by atoms with Gasteiger partial charge in [-0.3, -0.25) is 0 Å². The van der Waals surface area contributed by atoms with Gasteiger partial charge in [0, 0.05) is 0 Å². The summed E-state index contributed by atoms with van der Waals surface area (Å²) < 4.78 is 18.3. The highest BCUT2D eigenvalue weighted by Crippen LogP contribution is 2.24. The molecule has 0 N–H and O–H groups in total. The first-order valence-electron chi connectivity index (χ1n) is 5.46.